The third-order valence-electron chi connectivity index (χ3n) is 5.55. The molecule has 3 aromatic rings. The molecule has 1 aliphatic carbocycles. The molecule has 1 aromatic carbocycles. The molecule has 1 unspecified atom stereocenters. The Morgan fingerprint density at radius 2 is 1.94 bits per heavy atom. The lowest BCUT2D eigenvalue weighted by atomic mass is 10.1. The minimum Gasteiger partial charge on any atom is -0.353 e. The summed E-state index contributed by atoms with van der Waals surface area (Å²) in [5.74, 6) is 1.80. The van der Waals surface area contributed by atoms with Crippen molar-refractivity contribution in [2.45, 2.75) is 32.6 Å². The first-order valence-electron chi connectivity index (χ1n) is 11.3. The number of hydrogen-bond acceptors (Lipinski definition) is 8. The highest BCUT2D eigenvalue weighted by Crippen LogP contribution is 2.43. The largest absolute Gasteiger partial charge is 0.353 e. The Labute approximate surface area is 207 Å². The van der Waals surface area contributed by atoms with Gasteiger partial charge >= 0.3 is 0 Å². The predicted molar refractivity (Wildman–Crippen MR) is 138 cm³/mol. The molecule has 1 atom stereocenters. The zero-order valence-electron chi connectivity index (χ0n) is 20.2. The molecule has 0 spiro atoms. The summed E-state index contributed by atoms with van der Waals surface area (Å²) in [6.07, 6.45) is 7.07. The third-order valence-corrected chi connectivity index (χ3v) is 6.52. The van der Waals surface area contributed by atoms with Crippen molar-refractivity contribution >= 4 is 45.6 Å². The van der Waals surface area contributed by atoms with Crippen LogP contribution >= 0.6 is 0 Å². The van der Waals surface area contributed by atoms with E-state index in [1.54, 1.807) is 49.8 Å². The maximum atomic E-state index is 12.8. The summed E-state index contributed by atoms with van der Waals surface area (Å²) >= 11 is 0. The topological polar surface area (TPSA) is 121 Å². The van der Waals surface area contributed by atoms with E-state index in [0.29, 0.717) is 46.9 Å². The summed E-state index contributed by atoms with van der Waals surface area (Å²) in [5.41, 5.74) is 5.93. The van der Waals surface area contributed by atoms with Gasteiger partial charge in [-0.3, -0.25) is 13.9 Å². The summed E-state index contributed by atoms with van der Waals surface area (Å²) < 4.78 is 14.0. The minimum atomic E-state index is -1.23. The van der Waals surface area contributed by atoms with Crippen molar-refractivity contribution in [3.05, 3.63) is 59.7 Å². The van der Waals surface area contributed by atoms with E-state index in [1.165, 1.54) is 11.8 Å². The van der Waals surface area contributed by atoms with Crippen LogP contribution in [0.4, 0.5) is 28.7 Å². The zero-order valence-corrected chi connectivity index (χ0v) is 21.0. The first-order chi connectivity index (χ1) is 16.9. The van der Waals surface area contributed by atoms with E-state index < -0.39 is 16.9 Å². The average Bonchev–Trinajstić information content (AvgIpc) is 3.68. The van der Waals surface area contributed by atoms with Crippen molar-refractivity contribution in [1.82, 2.24) is 20.4 Å². The minimum absolute atomic E-state index is 0.292. The standard InChI is InChI=1S/C24H29N7O3S/c1-5-34-30-24(32)18-14-26-23(29-22-10-11-25-15(2)27-22)13-20(18)28-19-9-8-17(16-6-7-16)12-21(19)31(3)35(4)33/h8-14,16H,5-7H2,1-4H3,(H,30,32)(H2,25,26,27,28,29). The number of rotatable bonds is 10. The van der Waals surface area contributed by atoms with Crippen LogP contribution in [0.15, 0.2) is 42.7 Å². The number of carbonyl (C=O) groups is 1. The van der Waals surface area contributed by atoms with Gasteiger partial charge in [-0.1, -0.05) is 6.07 Å². The summed E-state index contributed by atoms with van der Waals surface area (Å²) in [4.78, 5) is 30.7. The molecule has 1 fully saturated rings. The van der Waals surface area contributed by atoms with Crippen LogP contribution in [-0.4, -0.2) is 45.0 Å². The van der Waals surface area contributed by atoms with Gasteiger partial charge in [0.2, 0.25) is 0 Å². The van der Waals surface area contributed by atoms with E-state index in [0.717, 1.165) is 18.5 Å². The van der Waals surface area contributed by atoms with Crippen molar-refractivity contribution in [3.8, 4) is 0 Å². The Morgan fingerprint density at radius 1 is 1.14 bits per heavy atom. The number of aromatic nitrogens is 3. The average molecular weight is 496 g/mol. The predicted octanol–water partition coefficient (Wildman–Crippen LogP) is 3.96. The SMILES string of the molecule is CCONC(=O)c1cnc(Nc2ccnc(C)n2)cc1Nc1ccc(C2CC2)cc1N(C)S(C)=O. The molecule has 3 N–H and O–H groups in total. The molecule has 184 valence electrons. The quantitative estimate of drug-likeness (QED) is 0.362. The van der Waals surface area contributed by atoms with Crippen LogP contribution in [-0.2, 0) is 15.8 Å². The summed E-state index contributed by atoms with van der Waals surface area (Å²) in [7, 11) is 0.558. The monoisotopic (exact) mass is 495 g/mol. The normalized spacial score (nSPS) is 13.7. The van der Waals surface area contributed by atoms with E-state index in [1.807, 2.05) is 6.07 Å². The first kappa shape index (κ1) is 24.6. The Balaban J connectivity index is 1.72. The smallest absolute Gasteiger partial charge is 0.278 e. The van der Waals surface area contributed by atoms with Crippen molar-refractivity contribution in [3.63, 3.8) is 0 Å². The van der Waals surface area contributed by atoms with Crippen molar-refractivity contribution in [2.75, 3.05) is 34.8 Å². The Morgan fingerprint density at radius 3 is 2.63 bits per heavy atom. The first-order valence-corrected chi connectivity index (χ1v) is 12.8. The highest BCUT2D eigenvalue weighted by Gasteiger charge is 2.25. The Kier molecular flexibility index (Phi) is 7.57. The van der Waals surface area contributed by atoms with Crippen LogP contribution in [0.1, 0.15) is 47.4 Å². The van der Waals surface area contributed by atoms with Crippen molar-refractivity contribution in [2.24, 2.45) is 0 Å². The molecule has 2 aromatic heterocycles. The number of benzene rings is 1. The Hall–Kier alpha value is -3.57. The Bertz CT molecular complexity index is 1250. The molecule has 0 radical (unpaired) electrons. The lowest BCUT2D eigenvalue weighted by Crippen LogP contribution is -2.25. The fourth-order valence-electron chi connectivity index (χ4n) is 3.53. The second-order valence-electron chi connectivity index (χ2n) is 8.19. The van der Waals surface area contributed by atoms with Crippen LogP contribution in [0.3, 0.4) is 0 Å². The van der Waals surface area contributed by atoms with Crippen LogP contribution < -0.4 is 20.4 Å². The van der Waals surface area contributed by atoms with E-state index >= 15 is 0 Å². The van der Waals surface area contributed by atoms with Crippen LogP contribution in [0.5, 0.6) is 0 Å². The fraction of sp³-hybridized carbons (Fsp3) is 0.333. The van der Waals surface area contributed by atoms with Crippen LogP contribution in [0.2, 0.25) is 0 Å². The number of anilines is 5. The van der Waals surface area contributed by atoms with Gasteiger partial charge in [0.25, 0.3) is 5.91 Å². The summed E-state index contributed by atoms with van der Waals surface area (Å²) in [6, 6.07) is 9.54. The molecule has 2 heterocycles. The number of nitrogens with one attached hydrogen (secondary N) is 3. The molecule has 1 aliphatic rings. The molecular weight excluding hydrogens is 466 g/mol. The fourth-order valence-corrected chi connectivity index (χ4v) is 3.95. The van der Waals surface area contributed by atoms with Crippen molar-refractivity contribution < 1.29 is 13.8 Å². The molecule has 0 bridgehead atoms. The molecule has 1 saturated carbocycles. The zero-order chi connectivity index (χ0) is 24.9. The van der Waals surface area contributed by atoms with Gasteiger partial charge < -0.3 is 10.6 Å². The van der Waals surface area contributed by atoms with Gasteiger partial charge in [0.1, 0.15) is 28.4 Å². The number of carbonyl (C=O) groups excluding carboxylic acids is 1. The number of nitrogens with zero attached hydrogens (tertiary/aromatic N) is 4. The molecule has 11 heteroatoms. The maximum absolute atomic E-state index is 12.8. The highest BCUT2D eigenvalue weighted by molar-refractivity contribution is 7.85. The highest BCUT2D eigenvalue weighted by atomic mass is 32.2. The van der Waals surface area contributed by atoms with Gasteiger partial charge in [0.05, 0.1) is 29.2 Å². The summed E-state index contributed by atoms with van der Waals surface area (Å²) in [5, 5.41) is 6.50. The van der Waals surface area contributed by atoms with Gasteiger partial charge in [0, 0.05) is 31.8 Å². The number of aryl methyl sites for hydroxylation is 1. The molecule has 1 amide bonds. The van der Waals surface area contributed by atoms with Crippen LogP contribution in [0.25, 0.3) is 0 Å². The number of pyridine rings is 1. The number of hydrogen-bond donors (Lipinski definition) is 3. The van der Waals surface area contributed by atoms with Gasteiger partial charge in [-0.05, 0) is 56.4 Å². The van der Waals surface area contributed by atoms with Gasteiger partial charge in [-0.25, -0.2) is 24.6 Å². The van der Waals surface area contributed by atoms with Gasteiger partial charge in [-0.15, -0.1) is 0 Å². The second-order valence-corrected chi connectivity index (χ2v) is 9.59. The van der Waals surface area contributed by atoms with E-state index in [9.17, 15) is 9.00 Å². The molecule has 35 heavy (non-hydrogen) atoms. The maximum Gasteiger partial charge on any atom is 0.278 e. The lowest BCUT2D eigenvalue weighted by Gasteiger charge is -2.22. The molecule has 10 nitrogen and oxygen atoms in total. The van der Waals surface area contributed by atoms with E-state index in [-0.39, 0.29) is 0 Å². The number of hydroxylamine groups is 1. The molecule has 0 saturated heterocycles. The number of amides is 1. The second kappa shape index (κ2) is 10.8. The third kappa shape index (κ3) is 6.11. The van der Waals surface area contributed by atoms with Crippen LogP contribution in [0, 0.1) is 6.92 Å². The molecule has 4 rings (SSSR count). The summed E-state index contributed by atoms with van der Waals surface area (Å²) in [6.45, 7) is 3.91. The molecule has 0 aliphatic heterocycles. The van der Waals surface area contributed by atoms with E-state index in [2.05, 4.69) is 43.2 Å². The van der Waals surface area contributed by atoms with Gasteiger partial charge in [0.15, 0.2) is 0 Å². The van der Waals surface area contributed by atoms with Gasteiger partial charge in [-0.2, -0.15) is 0 Å². The van der Waals surface area contributed by atoms with Crippen molar-refractivity contribution in [1.29, 1.82) is 0 Å². The van der Waals surface area contributed by atoms with E-state index in [4.69, 9.17) is 4.84 Å². The lowest BCUT2D eigenvalue weighted by molar-refractivity contribution is 0.0365. The molecular formula is C24H29N7O3S.